The average Bonchev–Trinajstić information content (AvgIpc) is 3.24. The van der Waals surface area contributed by atoms with Crippen LogP contribution in [0.3, 0.4) is 0 Å². The molecule has 1 N–H and O–H groups in total. The number of benzene rings is 2. The van der Waals surface area contributed by atoms with Crippen molar-refractivity contribution in [2.45, 2.75) is 25.0 Å². The lowest BCUT2D eigenvalue weighted by Gasteiger charge is -2.18. The maximum absolute atomic E-state index is 5.80. The molecule has 1 saturated carbocycles. The van der Waals surface area contributed by atoms with Crippen molar-refractivity contribution < 1.29 is 4.74 Å². The summed E-state index contributed by atoms with van der Waals surface area (Å²) in [6, 6.07) is 14.9. The van der Waals surface area contributed by atoms with Crippen LogP contribution < -0.4 is 10.1 Å². The van der Waals surface area contributed by atoms with Crippen molar-refractivity contribution >= 4 is 31.9 Å². The summed E-state index contributed by atoms with van der Waals surface area (Å²) in [7, 11) is 1.98. The summed E-state index contributed by atoms with van der Waals surface area (Å²) in [5.41, 5.74) is 2.44. The molecule has 2 aromatic rings. The molecular formula is C17H17Br2NO. The zero-order valence-corrected chi connectivity index (χ0v) is 14.9. The van der Waals surface area contributed by atoms with Gasteiger partial charge in [-0.05, 0) is 61.3 Å². The van der Waals surface area contributed by atoms with Gasteiger partial charge in [-0.2, -0.15) is 0 Å². The first-order chi connectivity index (χ1) is 10.2. The second-order valence-corrected chi connectivity index (χ2v) is 7.14. The molecule has 1 unspecified atom stereocenters. The molecule has 0 saturated heterocycles. The van der Waals surface area contributed by atoms with E-state index in [1.165, 1.54) is 24.0 Å². The summed E-state index contributed by atoms with van der Waals surface area (Å²) < 4.78 is 7.94. The molecule has 0 amide bonds. The maximum Gasteiger partial charge on any atom is 0.119 e. The van der Waals surface area contributed by atoms with Crippen LogP contribution >= 0.6 is 31.9 Å². The molecule has 1 fully saturated rings. The molecule has 0 bridgehead atoms. The molecule has 0 heterocycles. The van der Waals surface area contributed by atoms with Crippen molar-refractivity contribution in [1.82, 2.24) is 5.32 Å². The molecule has 0 radical (unpaired) electrons. The molecule has 2 nitrogen and oxygen atoms in total. The van der Waals surface area contributed by atoms with Crippen LogP contribution in [0.15, 0.2) is 51.4 Å². The Labute approximate surface area is 142 Å². The van der Waals surface area contributed by atoms with Crippen molar-refractivity contribution in [1.29, 1.82) is 0 Å². The van der Waals surface area contributed by atoms with E-state index < -0.39 is 0 Å². The van der Waals surface area contributed by atoms with E-state index in [-0.39, 0.29) is 6.04 Å². The monoisotopic (exact) mass is 409 g/mol. The Morgan fingerprint density at radius 3 is 2.14 bits per heavy atom. The van der Waals surface area contributed by atoms with Crippen LogP contribution in [-0.4, -0.2) is 13.2 Å². The third-order valence-electron chi connectivity index (χ3n) is 3.55. The molecule has 0 aliphatic heterocycles. The van der Waals surface area contributed by atoms with E-state index in [0.29, 0.717) is 6.10 Å². The summed E-state index contributed by atoms with van der Waals surface area (Å²) >= 11 is 7.10. The van der Waals surface area contributed by atoms with Gasteiger partial charge in [0.15, 0.2) is 0 Å². The van der Waals surface area contributed by atoms with Crippen LogP contribution in [0.25, 0.3) is 0 Å². The smallest absolute Gasteiger partial charge is 0.119 e. The van der Waals surface area contributed by atoms with E-state index in [1.807, 2.05) is 13.1 Å². The van der Waals surface area contributed by atoms with Crippen LogP contribution in [0.1, 0.15) is 30.0 Å². The quantitative estimate of drug-likeness (QED) is 0.743. The fourth-order valence-electron chi connectivity index (χ4n) is 2.38. The zero-order chi connectivity index (χ0) is 14.8. The number of hydrogen-bond acceptors (Lipinski definition) is 2. The van der Waals surface area contributed by atoms with Gasteiger partial charge in [0.2, 0.25) is 0 Å². The SMILES string of the molecule is CNC(c1ccc(OC2CC2)cc1)c1cc(Br)cc(Br)c1. The average molecular weight is 411 g/mol. The van der Waals surface area contributed by atoms with E-state index in [0.717, 1.165) is 14.7 Å². The minimum absolute atomic E-state index is 0.161. The Balaban J connectivity index is 1.84. The third-order valence-corrected chi connectivity index (χ3v) is 4.46. The van der Waals surface area contributed by atoms with Crippen molar-refractivity contribution in [3.8, 4) is 5.75 Å². The molecule has 110 valence electrons. The molecular weight excluding hydrogens is 394 g/mol. The van der Waals surface area contributed by atoms with Crippen molar-refractivity contribution in [2.75, 3.05) is 7.05 Å². The fourth-order valence-corrected chi connectivity index (χ4v) is 3.71. The first kappa shape index (κ1) is 15.1. The molecule has 2 aromatic carbocycles. The van der Waals surface area contributed by atoms with Gasteiger partial charge in [0.1, 0.15) is 5.75 Å². The van der Waals surface area contributed by atoms with E-state index >= 15 is 0 Å². The van der Waals surface area contributed by atoms with E-state index in [9.17, 15) is 0 Å². The van der Waals surface area contributed by atoms with Gasteiger partial charge in [0.05, 0.1) is 12.1 Å². The Kier molecular flexibility index (Phi) is 4.67. The minimum Gasteiger partial charge on any atom is -0.490 e. The molecule has 1 atom stereocenters. The molecule has 1 aliphatic rings. The lowest BCUT2D eigenvalue weighted by atomic mass is 9.99. The Hall–Kier alpha value is -0.840. The standard InChI is InChI=1S/C17H17Br2NO/c1-20-17(12-8-13(18)10-14(19)9-12)11-2-4-15(5-3-11)21-16-6-7-16/h2-5,8-10,16-17,20H,6-7H2,1H3. The lowest BCUT2D eigenvalue weighted by molar-refractivity contribution is 0.303. The maximum atomic E-state index is 5.80. The van der Waals surface area contributed by atoms with Gasteiger partial charge >= 0.3 is 0 Å². The number of ether oxygens (including phenoxy) is 1. The second-order valence-electron chi connectivity index (χ2n) is 5.31. The minimum atomic E-state index is 0.161. The van der Waals surface area contributed by atoms with Crippen LogP contribution in [-0.2, 0) is 0 Å². The van der Waals surface area contributed by atoms with E-state index in [2.05, 4.69) is 73.6 Å². The van der Waals surface area contributed by atoms with Crippen molar-refractivity contribution in [3.05, 3.63) is 62.5 Å². The summed E-state index contributed by atoms with van der Waals surface area (Å²) in [5.74, 6) is 0.964. The predicted molar refractivity (Wildman–Crippen MR) is 92.8 cm³/mol. The highest BCUT2D eigenvalue weighted by molar-refractivity contribution is 9.11. The normalized spacial score (nSPS) is 15.8. The highest BCUT2D eigenvalue weighted by Gasteiger charge is 2.23. The van der Waals surface area contributed by atoms with E-state index in [1.54, 1.807) is 0 Å². The number of hydrogen-bond donors (Lipinski definition) is 1. The molecule has 1 aliphatic carbocycles. The summed E-state index contributed by atoms with van der Waals surface area (Å²) in [5, 5.41) is 3.38. The number of rotatable bonds is 5. The van der Waals surface area contributed by atoms with Crippen molar-refractivity contribution in [3.63, 3.8) is 0 Å². The molecule has 4 heteroatoms. The zero-order valence-electron chi connectivity index (χ0n) is 11.8. The van der Waals surface area contributed by atoms with Gasteiger partial charge in [-0.25, -0.2) is 0 Å². The van der Waals surface area contributed by atoms with Gasteiger partial charge in [-0.15, -0.1) is 0 Å². The number of halogens is 2. The van der Waals surface area contributed by atoms with Gasteiger partial charge in [0, 0.05) is 8.95 Å². The first-order valence-electron chi connectivity index (χ1n) is 7.05. The van der Waals surface area contributed by atoms with Crippen molar-refractivity contribution in [2.24, 2.45) is 0 Å². The van der Waals surface area contributed by atoms with Gasteiger partial charge in [-0.1, -0.05) is 44.0 Å². The van der Waals surface area contributed by atoms with Crippen LogP contribution in [0, 0.1) is 0 Å². The van der Waals surface area contributed by atoms with Crippen LogP contribution in [0.4, 0.5) is 0 Å². The summed E-state index contributed by atoms with van der Waals surface area (Å²) in [6.07, 6.45) is 2.82. The largest absolute Gasteiger partial charge is 0.490 e. The predicted octanol–water partition coefficient (Wildman–Crippen LogP) is 5.06. The first-order valence-corrected chi connectivity index (χ1v) is 8.64. The Morgan fingerprint density at radius 1 is 1.00 bits per heavy atom. The van der Waals surface area contributed by atoms with Crippen LogP contribution in [0.5, 0.6) is 5.75 Å². The Bertz CT molecular complexity index is 603. The molecule has 21 heavy (non-hydrogen) atoms. The highest BCUT2D eigenvalue weighted by atomic mass is 79.9. The second kappa shape index (κ2) is 6.51. The van der Waals surface area contributed by atoms with Gasteiger partial charge in [0.25, 0.3) is 0 Å². The highest BCUT2D eigenvalue weighted by Crippen LogP contribution is 2.30. The summed E-state index contributed by atoms with van der Waals surface area (Å²) in [4.78, 5) is 0. The van der Waals surface area contributed by atoms with E-state index in [4.69, 9.17) is 4.74 Å². The molecule has 0 spiro atoms. The molecule has 0 aromatic heterocycles. The fraction of sp³-hybridized carbons (Fsp3) is 0.294. The summed E-state index contributed by atoms with van der Waals surface area (Å²) in [6.45, 7) is 0. The van der Waals surface area contributed by atoms with Crippen LogP contribution in [0.2, 0.25) is 0 Å². The topological polar surface area (TPSA) is 21.3 Å². The lowest BCUT2D eigenvalue weighted by Crippen LogP contribution is -2.17. The van der Waals surface area contributed by atoms with Gasteiger partial charge < -0.3 is 10.1 Å². The Morgan fingerprint density at radius 2 is 1.62 bits per heavy atom. The molecule has 3 rings (SSSR count). The third kappa shape index (κ3) is 3.87. The van der Waals surface area contributed by atoms with Gasteiger partial charge in [-0.3, -0.25) is 0 Å². The number of nitrogens with one attached hydrogen (secondary N) is 1.